The first-order valence-electron chi connectivity index (χ1n) is 12.5. The van der Waals surface area contributed by atoms with Crippen molar-refractivity contribution < 1.29 is 28.2 Å². The summed E-state index contributed by atoms with van der Waals surface area (Å²) in [7, 11) is -2.14. The van der Waals surface area contributed by atoms with Gasteiger partial charge in [0.15, 0.2) is 14.6 Å². The summed E-state index contributed by atoms with van der Waals surface area (Å²) in [5.74, 6) is -0.366. The minimum Gasteiger partial charge on any atom is -0.463 e. The molecule has 1 fully saturated rings. The van der Waals surface area contributed by atoms with E-state index in [1.165, 1.54) is 6.92 Å². The summed E-state index contributed by atoms with van der Waals surface area (Å²) in [5, 5.41) is 0.0228. The molecule has 6 nitrogen and oxygen atoms in total. The highest BCUT2D eigenvalue weighted by Crippen LogP contribution is 2.59. The summed E-state index contributed by atoms with van der Waals surface area (Å²) in [6.45, 7) is 18.9. The lowest BCUT2D eigenvalue weighted by Crippen LogP contribution is -2.60. The Morgan fingerprint density at radius 2 is 1.83 bits per heavy atom. The number of hydrogen-bond acceptors (Lipinski definition) is 6. The first kappa shape index (κ1) is 27.8. The van der Waals surface area contributed by atoms with E-state index in [9.17, 15) is 9.59 Å². The average Bonchev–Trinajstić information content (AvgIpc) is 3.13. The molecular formula is C28H42O6Si. The molecule has 194 valence electrons. The molecule has 0 N–H and O–H groups in total. The van der Waals surface area contributed by atoms with Gasteiger partial charge in [-0.3, -0.25) is 4.79 Å². The van der Waals surface area contributed by atoms with Crippen molar-refractivity contribution in [3.63, 3.8) is 0 Å². The highest BCUT2D eigenvalue weighted by Gasteiger charge is 2.63. The summed E-state index contributed by atoms with van der Waals surface area (Å²) in [6.07, 6.45) is 0.436. The lowest BCUT2D eigenvalue weighted by Gasteiger charge is -2.54. The molecular weight excluding hydrogens is 460 g/mol. The predicted molar refractivity (Wildman–Crippen MR) is 138 cm³/mol. The lowest BCUT2D eigenvalue weighted by atomic mass is 9.59. The zero-order valence-electron chi connectivity index (χ0n) is 22.8. The van der Waals surface area contributed by atoms with Gasteiger partial charge < -0.3 is 23.4 Å². The normalized spacial score (nSPS) is 28.9. The second-order valence-corrected chi connectivity index (χ2v) is 16.7. The van der Waals surface area contributed by atoms with Crippen molar-refractivity contribution in [2.45, 2.75) is 104 Å². The molecule has 1 aromatic carbocycles. The van der Waals surface area contributed by atoms with Gasteiger partial charge >= 0.3 is 5.97 Å². The summed E-state index contributed by atoms with van der Waals surface area (Å²) in [4.78, 5) is 23.6. The predicted octanol–water partition coefficient (Wildman–Crippen LogP) is 6.13. The van der Waals surface area contributed by atoms with Crippen LogP contribution in [-0.2, 0) is 28.2 Å². The van der Waals surface area contributed by atoms with Crippen LogP contribution < -0.4 is 0 Å². The number of benzene rings is 1. The van der Waals surface area contributed by atoms with Crippen LogP contribution in [0, 0.1) is 5.41 Å². The Labute approximate surface area is 211 Å². The van der Waals surface area contributed by atoms with E-state index in [-0.39, 0.29) is 30.1 Å². The van der Waals surface area contributed by atoms with E-state index >= 15 is 0 Å². The SMILES string of the molecule is CC(=O)OC[C@@H]1O[C@H](c2ccccc2)O[C@]12C[C@H](O[Si](C)(C)C(C)(C)C)C(C)=C(CC=O)C2(C)C. The smallest absolute Gasteiger partial charge is 0.302 e. The molecule has 0 radical (unpaired) electrons. The molecule has 7 heteroatoms. The molecule has 1 spiro atoms. The molecule has 1 aromatic rings. The quantitative estimate of drug-likeness (QED) is 0.193. The molecule has 1 heterocycles. The van der Waals surface area contributed by atoms with Crippen LogP contribution in [-0.4, -0.2) is 45.0 Å². The Hall–Kier alpha value is -1.80. The van der Waals surface area contributed by atoms with Crippen molar-refractivity contribution >= 4 is 20.6 Å². The van der Waals surface area contributed by atoms with E-state index in [2.05, 4.69) is 54.6 Å². The average molecular weight is 503 g/mol. The van der Waals surface area contributed by atoms with Gasteiger partial charge in [0.25, 0.3) is 0 Å². The van der Waals surface area contributed by atoms with Crippen LogP contribution >= 0.6 is 0 Å². The van der Waals surface area contributed by atoms with Gasteiger partial charge in [0, 0.05) is 30.7 Å². The van der Waals surface area contributed by atoms with E-state index in [4.69, 9.17) is 18.6 Å². The van der Waals surface area contributed by atoms with Crippen LogP contribution in [0.15, 0.2) is 41.5 Å². The summed E-state index contributed by atoms with van der Waals surface area (Å²) in [5.41, 5.74) is 1.59. The highest BCUT2D eigenvalue weighted by atomic mass is 28.4. The Morgan fingerprint density at radius 1 is 1.20 bits per heavy atom. The number of rotatable bonds is 7. The monoisotopic (exact) mass is 502 g/mol. The molecule has 3 rings (SSSR count). The van der Waals surface area contributed by atoms with E-state index in [0.29, 0.717) is 6.42 Å². The number of carbonyl (C=O) groups excluding carboxylic acids is 2. The molecule has 2 aliphatic rings. The van der Waals surface area contributed by atoms with Gasteiger partial charge in [-0.1, -0.05) is 70.5 Å². The second-order valence-electron chi connectivity index (χ2n) is 11.9. The molecule has 0 saturated carbocycles. The number of carbonyl (C=O) groups is 2. The Bertz CT molecular complexity index is 961. The number of ether oxygens (including phenoxy) is 3. The zero-order chi connectivity index (χ0) is 26.2. The van der Waals surface area contributed by atoms with Gasteiger partial charge in [-0.15, -0.1) is 0 Å². The fraction of sp³-hybridized carbons (Fsp3) is 0.643. The maximum Gasteiger partial charge on any atom is 0.302 e. The minimum absolute atomic E-state index is 0.0228. The maximum absolute atomic E-state index is 11.8. The summed E-state index contributed by atoms with van der Waals surface area (Å²) >= 11 is 0. The number of aldehydes is 1. The van der Waals surface area contributed by atoms with Crippen molar-refractivity contribution in [1.29, 1.82) is 0 Å². The highest BCUT2D eigenvalue weighted by molar-refractivity contribution is 6.74. The van der Waals surface area contributed by atoms with Crippen molar-refractivity contribution in [3.8, 4) is 0 Å². The minimum atomic E-state index is -2.14. The van der Waals surface area contributed by atoms with Crippen molar-refractivity contribution in [3.05, 3.63) is 47.0 Å². The third kappa shape index (κ3) is 5.19. The maximum atomic E-state index is 11.8. The fourth-order valence-electron chi connectivity index (χ4n) is 5.20. The fourth-order valence-corrected chi connectivity index (χ4v) is 6.52. The standard InChI is InChI=1S/C28H42O6Si/c1-19-22(15-16-29)27(6,7)28(17-23(19)34-35(8,9)26(3,4)5)24(18-31-20(2)30)32-25(33-28)21-13-11-10-12-14-21/h10-14,16,23-25H,15,17-18H2,1-9H3/t23-,24-,25-,28+/m0/s1. The van der Waals surface area contributed by atoms with Crippen LogP contribution in [0.2, 0.25) is 18.1 Å². The molecule has 35 heavy (non-hydrogen) atoms. The van der Waals surface area contributed by atoms with Gasteiger partial charge in [-0.2, -0.15) is 0 Å². The molecule has 0 bridgehead atoms. The number of hydrogen-bond donors (Lipinski definition) is 0. The largest absolute Gasteiger partial charge is 0.463 e. The van der Waals surface area contributed by atoms with Crippen LogP contribution in [0.4, 0.5) is 0 Å². The molecule has 0 unspecified atom stereocenters. The van der Waals surface area contributed by atoms with Crippen LogP contribution in [0.5, 0.6) is 0 Å². The van der Waals surface area contributed by atoms with Crippen LogP contribution in [0.3, 0.4) is 0 Å². The van der Waals surface area contributed by atoms with Crippen LogP contribution in [0.25, 0.3) is 0 Å². The number of esters is 1. The second kappa shape index (κ2) is 9.92. The lowest BCUT2D eigenvalue weighted by molar-refractivity contribution is -0.152. The van der Waals surface area contributed by atoms with Gasteiger partial charge in [0.2, 0.25) is 0 Å². The van der Waals surface area contributed by atoms with Gasteiger partial charge in [-0.05, 0) is 30.6 Å². The Kier molecular flexibility index (Phi) is 7.88. The first-order valence-corrected chi connectivity index (χ1v) is 15.4. The van der Waals surface area contributed by atoms with E-state index in [0.717, 1.165) is 23.0 Å². The summed E-state index contributed by atoms with van der Waals surface area (Å²) < 4.78 is 25.8. The molecule has 1 saturated heterocycles. The van der Waals surface area contributed by atoms with Crippen molar-refractivity contribution in [1.82, 2.24) is 0 Å². The first-order chi connectivity index (χ1) is 16.2. The Morgan fingerprint density at radius 3 is 2.37 bits per heavy atom. The topological polar surface area (TPSA) is 71.1 Å². The van der Waals surface area contributed by atoms with E-state index in [1.807, 2.05) is 30.3 Å². The van der Waals surface area contributed by atoms with Crippen molar-refractivity contribution in [2.24, 2.45) is 5.41 Å². The molecule has 1 aliphatic heterocycles. The zero-order valence-corrected chi connectivity index (χ0v) is 23.8. The molecule has 0 amide bonds. The van der Waals surface area contributed by atoms with Gasteiger partial charge in [0.1, 0.15) is 24.6 Å². The van der Waals surface area contributed by atoms with Crippen LogP contribution in [0.1, 0.15) is 73.2 Å². The molecule has 1 aliphatic carbocycles. The van der Waals surface area contributed by atoms with Gasteiger partial charge in [0.05, 0.1) is 6.10 Å². The third-order valence-corrected chi connectivity index (χ3v) is 12.9. The molecule has 0 aromatic heterocycles. The van der Waals surface area contributed by atoms with E-state index in [1.54, 1.807) is 0 Å². The Balaban J connectivity index is 2.12. The molecule has 4 atom stereocenters. The van der Waals surface area contributed by atoms with Crippen molar-refractivity contribution in [2.75, 3.05) is 6.61 Å². The third-order valence-electron chi connectivity index (χ3n) is 8.43. The van der Waals surface area contributed by atoms with E-state index < -0.39 is 31.7 Å². The summed E-state index contributed by atoms with van der Waals surface area (Å²) in [6, 6.07) is 9.79. The van der Waals surface area contributed by atoms with Gasteiger partial charge in [-0.25, -0.2) is 0 Å².